The first-order valence-electron chi connectivity index (χ1n) is 6.91. The molecule has 3 aromatic rings. The maximum atomic E-state index is 11.8. The Morgan fingerprint density at radius 1 is 1.13 bits per heavy atom. The van der Waals surface area contributed by atoms with Crippen LogP contribution >= 0.6 is 0 Å². The summed E-state index contributed by atoms with van der Waals surface area (Å²) in [5.41, 5.74) is 14.2. The highest BCUT2D eigenvalue weighted by Crippen LogP contribution is 2.33. The van der Waals surface area contributed by atoms with Gasteiger partial charge in [0.15, 0.2) is 0 Å². The van der Waals surface area contributed by atoms with Crippen LogP contribution in [0.2, 0.25) is 0 Å². The summed E-state index contributed by atoms with van der Waals surface area (Å²) in [7, 11) is 0. The molecule has 0 saturated carbocycles. The van der Waals surface area contributed by atoms with Gasteiger partial charge in [0.25, 0.3) is 5.91 Å². The topological polar surface area (TPSA) is 127 Å². The van der Waals surface area contributed by atoms with E-state index in [1.165, 1.54) is 22.8 Å². The van der Waals surface area contributed by atoms with Crippen LogP contribution in [-0.4, -0.2) is 25.7 Å². The molecule has 0 spiro atoms. The second-order valence-corrected chi connectivity index (χ2v) is 5.43. The third-order valence-electron chi connectivity index (χ3n) is 3.82. The standard InChI is InChI=1S/C16H16N4O3/c1-7-3-12-13(15(18)23)14(17)20(16(12)19-8(7)2)9-4-10(21)6-11(22)5-9/h3-6,21-22H,17H2,1-2H3,(H2,18,23). The van der Waals surface area contributed by atoms with Gasteiger partial charge in [-0.15, -0.1) is 0 Å². The zero-order valence-corrected chi connectivity index (χ0v) is 12.7. The van der Waals surface area contributed by atoms with Gasteiger partial charge in [-0.1, -0.05) is 0 Å². The molecule has 7 nitrogen and oxygen atoms in total. The number of phenols is 2. The molecule has 0 radical (unpaired) electrons. The Kier molecular flexibility index (Phi) is 3.14. The summed E-state index contributed by atoms with van der Waals surface area (Å²) < 4.78 is 1.49. The zero-order valence-electron chi connectivity index (χ0n) is 12.7. The van der Waals surface area contributed by atoms with Gasteiger partial charge in [-0.25, -0.2) is 4.98 Å². The number of nitrogens with two attached hydrogens (primary N) is 2. The van der Waals surface area contributed by atoms with E-state index in [9.17, 15) is 15.0 Å². The van der Waals surface area contributed by atoms with E-state index in [1.54, 1.807) is 6.07 Å². The average molecular weight is 312 g/mol. The van der Waals surface area contributed by atoms with Gasteiger partial charge >= 0.3 is 0 Å². The molecule has 1 aromatic carbocycles. The van der Waals surface area contributed by atoms with Gasteiger partial charge in [0.05, 0.1) is 11.3 Å². The molecule has 0 bridgehead atoms. The Morgan fingerprint density at radius 2 is 1.74 bits per heavy atom. The molecule has 0 aliphatic carbocycles. The molecule has 0 saturated heterocycles. The molecule has 23 heavy (non-hydrogen) atoms. The molecule has 6 N–H and O–H groups in total. The van der Waals surface area contributed by atoms with Crippen LogP contribution in [-0.2, 0) is 0 Å². The summed E-state index contributed by atoms with van der Waals surface area (Å²) in [6.07, 6.45) is 0. The predicted octanol–water partition coefficient (Wildman–Crippen LogP) is 1.73. The lowest BCUT2D eigenvalue weighted by Gasteiger charge is -2.09. The number of hydrogen-bond donors (Lipinski definition) is 4. The second kappa shape index (κ2) is 4.91. The summed E-state index contributed by atoms with van der Waals surface area (Å²) >= 11 is 0. The van der Waals surface area contributed by atoms with Crippen molar-refractivity contribution >= 4 is 22.8 Å². The molecule has 1 amide bonds. The van der Waals surface area contributed by atoms with Crippen LogP contribution in [0, 0.1) is 13.8 Å². The van der Waals surface area contributed by atoms with E-state index in [0.29, 0.717) is 16.7 Å². The number of pyridine rings is 1. The molecule has 7 heteroatoms. The van der Waals surface area contributed by atoms with Crippen LogP contribution in [0.4, 0.5) is 5.82 Å². The Hall–Kier alpha value is -3.22. The molecule has 0 aliphatic heterocycles. The number of nitrogen functional groups attached to an aromatic ring is 1. The van der Waals surface area contributed by atoms with E-state index < -0.39 is 5.91 Å². The number of amides is 1. The highest BCUT2D eigenvalue weighted by Gasteiger charge is 2.22. The third-order valence-corrected chi connectivity index (χ3v) is 3.82. The fourth-order valence-corrected chi connectivity index (χ4v) is 2.64. The number of hydrogen-bond acceptors (Lipinski definition) is 5. The number of aromatic nitrogens is 2. The van der Waals surface area contributed by atoms with Gasteiger partial charge < -0.3 is 21.7 Å². The molecule has 3 rings (SSSR count). The van der Waals surface area contributed by atoms with Crippen molar-refractivity contribution in [2.45, 2.75) is 13.8 Å². The molecule has 0 aliphatic rings. The van der Waals surface area contributed by atoms with Crippen molar-refractivity contribution in [1.82, 2.24) is 9.55 Å². The van der Waals surface area contributed by atoms with E-state index in [1.807, 2.05) is 13.8 Å². The minimum absolute atomic E-state index is 0.106. The minimum atomic E-state index is -0.666. The summed E-state index contributed by atoms with van der Waals surface area (Å²) in [4.78, 5) is 16.3. The van der Waals surface area contributed by atoms with Crippen molar-refractivity contribution in [1.29, 1.82) is 0 Å². The van der Waals surface area contributed by atoms with Crippen LogP contribution in [0.25, 0.3) is 16.7 Å². The van der Waals surface area contributed by atoms with Crippen LogP contribution in [0.1, 0.15) is 21.6 Å². The van der Waals surface area contributed by atoms with Crippen molar-refractivity contribution in [2.24, 2.45) is 5.73 Å². The van der Waals surface area contributed by atoms with E-state index >= 15 is 0 Å². The van der Waals surface area contributed by atoms with Crippen molar-refractivity contribution in [3.8, 4) is 17.2 Å². The van der Waals surface area contributed by atoms with Crippen molar-refractivity contribution < 1.29 is 15.0 Å². The fourth-order valence-electron chi connectivity index (χ4n) is 2.64. The van der Waals surface area contributed by atoms with Crippen LogP contribution in [0.15, 0.2) is 24.3 Å². The first-order chi connectivity index (χ1) is 10.8. The molecule has 2 heterocycles. The first-order valence-corrected chi connectivity index (χ1v) is 6.91. The van der Waals surface area contributed by atoms with Gasteiger partial charge in [0, 0.05) is 29.3 Å². The number of aryl methyl sites for hydroxylation is 2. The Morgan fingerprint density at radius 3 is 2.30 bits per heavy atom. The van der Waals surface area contributed by atoms with Crippen LogP contribution in [0.3, 0.4) is 0 Å². The smallest absolute Gasteiger partial charge is 0.253 e. The fraction of sp³-hybridized carbons (Fsp3) is 0.125. The predicted molar refractivity (Wildman–Crippen MR) is 86.8 cm³/mol. The van der Waals surface area contributed by atoms with Crippen LogP contribution in [0.5, 0.6) is 11.5 Å². The Labute approximate surface area is 131 Å². The van der Waals surface area contributed by atoms with E-state index in [2.05, 4.69) is 4.98 Å². The number of carbonyl (C=O) groups is 1. The first kappa shape index (κ1) is 14.7. The van der Waals surface area contributed by atoms with E-state index in [4.69, 9.17) is 11.5 Å². The van der Waals surface area contributed by atoms with Gasteiger partial charge in [0.2, 0.25) is 0 Å². The lowest BCUT2D eigenvalue weighted by Crippen LogP contribution is -2.13. The molecular formula is C16H16N4O3. The van der Waals surface area contributed by atoms with Crippen molar-refractivity contribution in [2.75, 3.05) is 5.73 Å². The number of benzene rings is 1. The van der Waals surface area contributed by atoms with Gasteiger partial charge in [-0.2, -0.15) is 0 Å². The normalized spacial score (nSPS) is 11.0. The molecule has 0 unspecified atom stereocenters. The van der Waals surface area contributed by atoms with Gasteiger partial charge in [-0.3, -0.25) is 9.36 Å². The number of primary amides is 1. The summed E-state index contributed by atoms with van der Waals surface area (Å²) in [5.74, 6) is -0.827. The van der Waals surface area contributed by atoms with Crippen molar-refractivity contribution in [3.63, 3.8) is 0 Å². The maximum Gasteiger partial charge on any atom is 0.253 e. The number of fused-ring (bicyclic) bond motifs is 1. The quantitative estimate of drug-likeness (QED) is 0.573. The lowest BCUT2D eigenvalue weighted by molar-refractivity contribution is 0.100. The number of aromatic hydroxyl groups is 2. The second-order valence-electron chi connectivity index (χ2n) is 5.43. The van der Waals surface area contributed by atoms with Gasteiger partial charge in [-0.05, 0) is 25.5 Å². The van der Waals surface area contributed by atoms with Crippen LogP contribution < -0.4 is 11.5 Å². The monoisotopic (exact) mass is 312 g/mol. The highest BCUT2D eigenvalue weighted by atomic mass is 16.3. The molecule has 118 valence electrons. The molecule has 0 fully saturated rings. The average Bonchev–Trinajstić information content (AvgIpc) is 2.69. The summed E-state index contributed by atoms with van der Waals surface area (Å²) in [6, 6.07) is 5.82. The zero-order chi connectivity index (χ0) is 16.9. The number of phenolic OH excluding ortho intramolecular Hbond substituents is 2. The third kappa shape index (κ3) is 2.22. The Bertz CT molecular complexity index is 940. The summed E-state index contributed by atoms with van der Waals surface area (Å²) in [5, 5.41) is 19.9. The molecule has 0 atom stereocenters. The van der Waals surface area contributed by atoms with E-state index in [-0.39, 0.29) is 22.9 Å². The number of nitrogens with zero attached hydrogens (tertiary/aromatic N) is 2. The maximum absolute atomic E-state index is 11.8. The van der Waals surface area contributed by atoms with Crippen molar-refractivity contribution in [3.05, 3.63) is 41.1 Å². The SMILES string of the molecule is Cc1cc2c(C(N)=O)c(N)n(-c3cc(O)cc(O)c3)c2nc1C. The molecule has 2 aromatic heterocycles. The number of anilines is 1. The van der Waals surface area contributed by atoms with E-state index in [0.717, 1.165) is 11.3 Å². The lowest BCUT2D eigenvalue weighted by atomic mass is 10.1. The molecular weight excluding hydrogens is 296 g/mol. The summed E-state index contributed by atoms with van der Waals surface area (Å²) in [6.45, 7) is 3.71. The largest absolute Gasteiger partial charge is 0.508 e. The number of rotatable bonds is 2. The highest BCUT2D eigenvalue weighted by molar-refractivity contribution is 6.11. The Balaban J connectivity index is 2.47. The number of carbonyl (C=O) groups excluding carboxylic acids is 1. The van der Waals surface area contributed by atoms with Gasteiger partial charge in [0.1, 0.15) is 23.0 Å². The minimum Gasteiger partial charge on any atom is -0.508 e.